The minimum atomic E-state index is -1.14. The van der Waals surface area contributed by atoms with E-state index in [9.17, 15) is 14.4 Å². The smallest absolute Gasteiger partial charge is 0.323 e. The number of rotatable bonds is 6. The summed E-state index contributed by atoms with van der Waals surface area (Å²) in [5.41, 5.74) is 0. The Hall–Kier alpha value is -2.23. The highest BCUT2D eigenvalue weighted by Gasteiger charge is 2.19. The molecule has 0 aromatic rings. The first-order valence-electron chi connectivity index (χ1n) is 5.28. The van der Waals surface area contributed by atoms with Crippen molar-refractivity contribution < 1.29 is 19.5 Å². The molecule has 0 unspecified atom stereocenters. The van der Waals surface area contributed by atoms with Gasteiger partial charge in [-0.2, -0.15) is 0 Å². The summed E-state index contributed by atoms with van der Waals surface area (Å²) in [7, 11) is 2.98. The van der Waals surface area contributed by atoms with Crippen LogP contribution in [-0.4, -0.2) is 66.5 Å². The fourth-order valence-corrected chi connectivity index (χ4v) is 1.20. The molecule has 0 atom stereocenters. The van der Waals surface area contributed by atoms with Crippen molar-refractivity contribution in [1.29, 1.82) is 0 Å². The van der Waals surface area contributed by atoms with Crippen LogP contribution in [-0.2, 0) is 9.59 Å². The van der Waals surface area contributed by atoms with Gasteiger partial charge in [-0.3, -0.25) is 9.59 Å². The summed E-state index contributed by atoms with van der Waals surface area (Å²) in [4.78, 5) is 35.7. The Morgan fingerprint density at radius 1 is 1.39 bits per heavy atom. The topological polar surface area (TPSA) is 90.0 Å². The average molecular weight is 255 g/mol. The molecule has 0 saturated heterocycles. The van der Waals surface area contributed by atoms with Crippen LogP contribution < -0.4 is 5.32 Å². The van der Waals surface area contributed by atoms with E-state index < -0.39 is 18.5 Å². The van der Waals surface area contributed by atoms with Gasteiger partial charge in [-0.05, 0) is 0 Å². The number of carboxylic acids is 1. The maximum Gasteiger partial charge on any atom is 0.323 e. The van der Waals surface area contributed by atoms with Gasteiger partial charge in [0.05, 0.1) is 6.54 Å². The molecule has 7 nitrogen and oxygen atoms in total. The van der Waals surface area contributed by atoms with E-state index in [1.807, 2.05) is 0 Å². The van der Waals surface area contributed by atoms with Crippen molar-refractivity contribution in [1.82, 2.24) is 15.1 Å². The van der Waals surface area contributed by atoms with Gasteiger partial charge in [0.2, 0.25) is 5.91 Å². The quantitative estimate of drug-likeness (QED) is 0.608. The van der Waals surface area contributed by atoms with Gasteiger partial charge < -0.3 is 20.2 Å². The molecule has 0 spiro atoms. The molecule has 0 aromatic carbocycles. The third kappa shape index (κ3) is 5.75. The number of carboxylic acid groups (broad SMARTS) is 1. The van der Waals surface area contributed by atoms with E-state index in [0.29, 0.717) is 0 Å². The van der Waals surface area contributed by atoms with Crippen molar-refractivity contribution in [3.63, 3.8) is 0 Å². The van der Waals surface area contributed by atoms with E-state index >= 15 is 0 Å². The summed E-state index contributed by atoms with van der Waals surface area (Å²) in [5, 5.41) is 11.1. The van der Waals surface area contributed by atoms with Crippen LogP contribution in [0.1, 0.15) is 6.42 Å². The Morgan fingerprint density at radius 2 is 2.00 bits per heavy atom. The molecule has 0 heterocycles. The summed E-state index contributed by atoms with van der Waals surface area (Å²) < 4.78 is 0. The van der Waals surface area contributed by atoms with Gasteiger partial charge in [-0.1, -0.05) is 5.92 Å². The second-order valence-electron chi connectivity index (χ2n) is 3.58. The first-order valence-corrected chi connectivity index (χ1v) is 5.28. The predicted octanol–water partition coefficient (Wildman–Crippen LogP) is -0.806. The van der Waals surface area contributed by atoms with Crippen molar-refractivity contribution in [2.24, 2.45) is 0 Å². The first-order chi connectivity index (χ1) is 8.42. The molecule has 7 heteroatoms. The molecule has 3 amide bonds. The second kappa shape index (κ2) is 7.95. The third-order valence-corrected chi connectivity index (χ3v) is 2.16. The summed E-state index contributed by atoms with van der Waals surface area (Å²) in [6.07, 6.45) is 5.22. The zero-order valence-electron chi connectivity index (χ0n) is 10.5. The Morgan fingerprint density at radius 3 is 2.44 bits per heavy atom. The minimum Gasteiger partial charge on any atom is -0.480 e. The first kappa shape index (κ1) is 15.8. The maximum absolute atomic E-state index is 11.8. The van der Waals surface area contributed by atoms with Crippen molar-refractivity contribution in [2.75, 3.05) is 33.7 Å². The highest BCUT2D eigenvalue weighted by atomic mass is 16.4. The Labute approximate surface area is 106 Å². The number of nitrogens with one attached hydrogen (secondary N) is 1. The van der Waals surface area contributed by atoms with Crippen molar-refractivity contribution in [3.8, 4) is 12.3 Å². The van der Waals surface area contributed by atoms with E-state index in [2.05, 4.69) is 11.2 Å². The number of amides is 3. The van der Waals surface area contributed by atoms with Gasteiger partial charge >= 0.3 is 12.0 Å². The Bertz CT molecular complexity index is 362. The molecular weight excluding hydrogens is 238 g/mol. The molecule has 18 heavy (non-hydrogen) atoms. The van der Waals surface area contributed by atoms with E-state index in [0.717, 1.165) is 4.90 Å². The van der Waals surface area contributed by atoms with Crippen LogP contribution in [0, 0.1) is 12.3 Å². The van der Waals surface area contributed by atoms with Gasteiger partial charge in [-0.25, -0.2) is 4.79 Å². The van der Waals surface area contributed by atoms with Crippen molar-refractivity contribution in [3.05, 3.63) is 0 Å². The lowest BCUT2D eigenvalue weighted by Crippen LogP contribution is -2.44. The standard InChI is InChI=1S/C11H17N3O4/c1-4-6-14(8-10(16)17)11(18)13(3)7-5-9(15)12-2/h1H,5-8H2,2-3H3,(H,12,15)(H,16,17). The van der Waals surface area contributed by atoms with Crippen LogP contribution in [0.3, 0.4) is 0 Å². The number of hydrogen-bond acceptors (Lipinski definition) is 3. The number of carbonyl (C=O) groups excluding carboxylic acids is 2. The SMILES string of the molecule is C#CCN(CC(=O)O)C(=O)N(C)CCC(=O)NC. The zero-order chi connectivity index (χ0) is 14.1. The van der Waals surface area contributed by atoms with Gasteiger partial charge in [-0.15, -0.1) is 6.42 Å². The Balaban J connectivity index is 4.42. The summed E-state index contributed by atoms with van der Waals surface area (Å²) in [6, 6.07) is -0.515. The van der Waals surface area contributed by atoms with Crippen molar-refractivity contribution in [2.45, 2.75) is 6.42 Å². The van der Waals surface area contributed by atoms with E-state index in [1.165, 1.54) is 19.0 Å². The van der Waals surface area contributed by atoms with Gasteiger partial charge in [0.1, 0.15) is 6.54 Å². The summed E-state index contributed by atoms with van der Waals surface area (Å²) in [6.45, 7) is -0.359. The molecule has 0 radical (unpaired) electrons. The molecule has 0 aliphatic rings. The molecule has 0 rings (SSSR count). The molecule has 100 valence electrons. The number of nitrogens with zero attached hydrogens (tertiary/aromatic N) is 2. The van der Waals surface area contributed by atoms with Crippen LogP contribution in [0.15, 0.2) is 0 Å². The van der Waals surface area contributed by atoms with E-state index in [-0.39, 0.29) is 25.4 Å². The third-order valence-electron chi connectivity index (χ3n) is 2.16. The van der Waals surface area contributed by atoms with Crippen LogP contribution in [0.4, 0.5) is 4.79 Å². The molecule has 0 aromatic heterocycles. The van der Waals surface area contributed by atoms with Crippen LogP contribution >= 0.6 is 0 Å². The number of terminal acetylenes is 1. The zero-order valence-corrected chi connectivity index (χ0v) is 10.5. The number of urea groups is 1. The van der Waals surface area contributed by atoms with Crippen LogP contribution in [0.25, 0.3) is 0 Å². The molecular formula is C11H17N3O4. The van der Waals surface area contributed by atoms with Gasteiger partial charge in [0.15, 0.2) is 0 Å². The summed E-state index contributed by atoms with van der Waals surface area (Å²) >= 11 is 0. The molecule has 0 aliphatic heterocycles. The van der Waals surface area contributed by atoms with Gasteiger partial charge in [0.25, 0.3) is 0 Å². The fraction of sp³-hybridized carbons (Fsp3) is 0.545. The highest BCUT2D eigenvalue weighted by molar-refractivity contribution is 5.81. The van der Waals surface area contributed by atoms with Gasteiger partial charge in [0, 0.05) is 27.1 Å². The number of aliphatic carboxylic acids is 1. The lowest BCUT2D eigenvalue weighted by atomic mass is 10.3. The minimum absolute atomic E-state index is 0.0878. The molecule has 0 aliphatic carbocycles. The largest absolute Gasteiger partial charge is 0.480 e. The fourth-order valence-electron chi connectivity index (χ4n) is 1.20. The van der Waals surface area contributed by atoms with Crippen molar-refractivity contribution >= 4 is 17.9 Å². The maximum atomic E-state index is 11.8. The lowest BCUT2D eigenvalue weighted by Gasteiger charge is -2.25. The molecule has 0 bridgehead atoms. The Kier molecular flexibility index (Phi) is 6.96. The molecule has 2 N–H and O–H groups in total. The van der Waals surface area contributed by atoms with E-state index in [1.54, 1.807) is 0 Å². The summed E-state index contributed by atoms with van der Waals surface area (Å²) in [5.74, 6) is 0.883. The predicted molar refractivity (Wildman–Crippen MR) is 64.8 cm³/mol. The van der Waals surface area contributed by atoms with Crippen LogP contribution in [0.5, 0.6) is 0 Å². The molecule has 0 fully saturated rings. The van der Waals surface area contributed by atoms with Crippen LogP contribution in [0.2, 0.25) is 0 Å². The number of hydrogen-bond donors (Lipinski definition) is 2. The second-order valence-corrected chi connectivity index (χ2v) is 3.58. The average Bonchev–Trinajstić information content (AvgIpc) is 2.33. The highest BCUT2D eigenvalue weighted by Crippen LogP contribution is 1.98. The normalized spacial score (nSPS) is 9.17. The monoisotopic (exact) mass is 255 g/mol. The lowest BCUT2D eigenvalue weighted by molar-refractivity contribution is -0.137. The van der Waals surface area contributed by atoms with E-state index in [4.69, 9.17) is 11.5 Å². The molecule has 0 saturated carbocycles. The number of carbonyl (C=O) groups is 3.